The van der Waals surface area contributed by atoms with Crippen LogP contribution in [0.2, 0.25) is 0 Å². The number of amides is 1. The van der Waals surface area contributed by atoms with Crippen LogP contribution in [0.1, 0.15) is 20.8 Å². The maximum atomic E-state index is 12.3. The molecule has 2 aromatic rings. The van der Waals surface area contributed by atoms with Crippen LogP contribution in [0.4, 0.5) is 5.69 Å². The Bertz CT molecular complexity index is 711. The Balaban J connectivity index is 2.25. The van der Waals surface area contributed by atoms with Gasteiger partial charge < -0.3 is 15.8 Å². The highest BCUT2D eigenvalue weighted by atomic mass is 32.1. The van der Waals surface area contributed by atoms with E-state index in [0.29, 0.717) is 16.3 Å². The Morgan fingerprint density at radius 2 is 2.24 bits per heavy atom. The molecule has 0 aliphatic carbocycles. The Morgan fingerprint density at radius 1 is 1.43 bits per heavy atom. The average molecular weight is 300 g/mol. The largest absolute Gasteiger partial charge is 0.496 e. The third kappa shape index (κ3) is 3.85. The summed E-state index contributed by atoms with van der Waals surface area (Å²) in [7, 11) is 1.57. The first kappa shape index (κ1) is 15.1. The molecule has 1 aromatic heterocycles. The second-order valence-electron chi connectivity index (χ2n) is 4.36. The van der Waals surface area contributed by atoms with Crippen LogP contribution in [0.3, 0.4) is 0 Å². The number of ether oxygens (including phenoxy) is 1. The molecule has 0 atom stereocenters. The number of rotatable bonds is 3. The first-order valence-electron chi connectivity index (χ1n) is 6.37. The molecule has 0 unspecified atom stereocenters. The molecule has 0 aliphatic heterocycles. The fourth-order valence-corrected chi connectivity index (χ4v) is 2.50. The predicted molar refractivity (Wildman–Crippen MR) is 85.9 cm³/mol. The second-order valence-corrected chi connectivity index (χ2v) is 5.27. The SMILES string of the molecule is COc1csc(C(=O)Nc2cc(C)ccc2C#CCN)c1. The quantitative estimate of drug-likeness (QED) is 0.856. The van der Waals surface area contributed by atoms with Crippen molar-refractivity contribution in [3.05, 3.63) is 45.6 Å². The van der Waals surface area contributed by atoms with Crippen molar-refractivity contribution in [1.82, 2.24) is 0 Å². The van der Waals surface area contributed by atoms with Gasteiger partial charge >= 0.3 is 0 Å². The van der Waals surface area contributed by atoms with Crippen LogP contribution in [0.15, 0.2) is 29.6 Å². The minimum Gasteiger partial charge on any atom is -0.496 e. The maximum Gasteiger partial charge on any atom is 0.265 e. The van der Waals surface area contributed by atoms with Gasteiger partial charge in [0.15, 0.2) is 0 Å². The van der Waals surface area contributed by atoms with E-state index in [1.54, 1.807) is 18.6 Å². The highest BCUT2D eigenvalue weighted by Crippen LogP contribution is 2.23. The highest BCUT2D eigenvalue weighted by molar-refractivity contribution is 7.12. The van der Waals surface area contributed by atoms with Crippen molar-refractivity contribution in [2.75, 3.05) is 19.0 Å². The number of aryl methyl sites for hydroxylation is 1. The summed E-state index contributed by atoms with van der Waals surface area (Å²) in [5, 5.41) is 4.68. The van der Waals surface area contributed by atoms with Crippen LogP contribution < -0.4 is 15.8 Å². The van der Waals surface area contributed by atoms with Gasteiger partial charge in [0.05, 0.1) is 24.2 Å². The van der Waals surface area contributed by atoms with Gasteiger partial charge in [-0.15, -0.1) is 11.3 Å². The topological polar surface area (TPSA) is 64.3 Å². The Morgan fingerprint density at radius 3 is 2.90 bits per heavy atom. The summed E-state index contributed by atoms with van der Waals surface area (Å²) in [6.07, 6.45) is 0. The van der Waals surface area contributed by atoms with E-state index in [0.717, 1.165) is 11.1 Å². The molecule has 1 amide bonds. The van der Waals surface area contributed by atoms with Gasteiger partial charge in [0.2, 0.25) is 0 Å². The number of hydrogen-bond donors (Lipinski definition) is 2. The molecule has 0 fully saturated rings. The average Bonchev–Trinajstić information content (AvgIpc) is 2.95. The third-order valence-corrected chi connectivity index (χ3v) is 3.69. The molecule has 21 heavy (non-hydrogen) atoms. The van der Waals surface area contributed by atoms with Gasteiger partial charge in [-0.25, -0.2) is 0 Å². The molecular weight excluding hydrogens is 284 g/mol. The van der Waals surface area contributed by atoms with Gasteiger partial charge in [0.1, 0.15) is 5.75 Å². The minimum atomic E-state index is -0.176. The fourth-order valence-electron chi connectivity index (χ4n) is 1.75. The van der Waals surface area contributed by atoms with Crippen LogP contribution in [-0.2, 0) is 0 Å². The van der Waals surface area contributed by atoms with E-state index < -0.39 is 0 Å². The molecule has 0 saturated heterocycles. The summed E-state index contributed by atoms with van der Waals surface area (Å²) < 4.78 is 5.09. The van der Waals surface area contributed by atoms with Crippen LogP contribution in [-0.4, -0.2) is 19.6 Å². The zero-order chi connectivity index (χ0) is 15.2. The lowest BCUT2D eigenvalue weighted by Crippen LogP contribution is -2.11. The smallest absolute Gasteiger partial charge is 0.265 e. The predicted octanol–water partition coefficient (Wildman–Crippen LogP) is 2.63. The van der Waals surface area contributed by atoms with Crippen molar-refractivity contribution in [3.8, 4) is 17.6 Å². The number of anilines is 1. The van der Waals surface area contributed by atoms with E-state index in [1.807, 2.05) is 25.1 Å². The van der Waals surface area contributed by atoms with Gasteiger partial charge in [-0.2, -0.15) is 0 Å². The molecule has 0 radical (unpaired) electrons. The summed E-state index contributed by atoms with van der Waals surface area (Å²) in [5.74, 6) is 6.26. The lowest BCUT2D eigenvalue weighted by Gasteiger charge is -2.07. The van der Waals surface area contributed by atoms with Gasteiger partial charge in [-0.3, -0.25) is 4.79 Å². The molecule has 0 saturated carbocycles. The van der Waals surface area contributed by atoms with Crippen molar-refractivity contribution < 1.29 is 9.53 Å². The molecule has 0 aliphatic rings. The lowest BCUT2D eigenvalue weighted by molar-refractivity contribution is 0.103. The number of carbonyl (C=O) groups excluding carboxylic acids is 1. The Kier molecular flexibility index (Phi) is 4.99. The highest BCUT2D eigenvalue weighted by Gasteiger charge is 2.11. The number of methoxy groups -OCH3 is 1. The summed E-state index contributed by atoms with van der Waals surface area (Å²) in [4.78, 5) is 12.8. The number of benzene rings is 1. The summed E-state index contributed by atoms with van der Waals surface area (Å²) >= 11 is 1.34. The molecule has 0 bridgehead atoms. The Labute approximate surface area is 127 Å². The van der Waals surface area contributed by atoms with E-state index in [9.17, 15) is 4.79 Å². The summed E-state index contributed by atoms with van der Waals surface area (Å²) in [6, 6.07) is 7.43. The number of thiophene rings is 1. The van der Waals surface area contributed by atoms with E-state index in [-0.39, 0.29) is 12.5 Å². The van der Waals surface area contributed by atoms with Gasteiger partial charge in [0.25, 0.3) is 5.91 Å². The van der Waals surface area contributed by atoms with Gasteiger partial charge in [-0.1, -0.05) is 17.9 Å². The second kappa shape index (κ2) is 6.93. The molecular formula is C16H16N2O2S. The molecule has 3 N–H and O–H groups in total. The Hall–Kier alpha value is -2.29. The first-order chi connectivity index (χ1) is 10.1. The molecule has 2 rings (SSSR count). The van der Waals surface area contributed by atoms with Gasteiger partial charge in [-0.05, 0) is 24.6 Å². The van der Waals surface area contributed by atoms with Crippen LogP contribution in [0.5, 0.6) is 5.75 Å². The van der Waals surface area contributed by atoms with Crippen LogP contribution in [0.25, 0.3) is 0 Å². The standard InChI is InChI=1S/C16H16N2O2S/c1-11-5-6-12(4-3-7-17)14(8-11)18-16(19)15-9-13(20-2)10-21-15/h5-6,8-10H,7,17H2,1-2H3,(H,18,19). The minimum absolute atomic E-state index is 0.176. The molecule has 5 heteroatoms. The number of carbonyl (C=O) groups is 1. The van der Waals surface area contributed by atoms with E-state index in [1.165, 1.54) is 11.3 Å². The maximum absolute atomic E-state index is 12.3. The van der Waals surface area contributed by atoms with E-state index >= 15 is 0 Å². The molecule has 4 nitrogen and oxygen atoms in total. The summed E-state index contributed by atoms with van der Waals surface area (Å²) in [5.41, 5.74) is 7.88. The van der Waals surface area contributed by atoms with Crippen LogP contribution in [0, 0.1) is 18.8 Å². The summed E-state index contributed by atoms with van der Waals surface area (Å²) in [6.45, 7) is 2.24. The monoisotopic (exact) mass is 300 g/mol. The lowest BCUT2D eigenvalue weighted by atomic mass is 10.1. The zero-order valence-corrected chi connectivity index (χ0v) is 12.7. The molecule has 1 heterocycles. The van der Waals surface area contributed by atoms with E-state index in [4.69, 9.17) is 10.5 Å². The third-order valence-electron chi connectivity index (χ3n) is 2.78. The molecule has 108 valence electrons. The number of nitrogens with two attached hydrogens (primary N) is 1. The van der Waals surface area contributed by atoms with Crippen molar-refractivity contribution >= 4 is 22.9 Å². The molecule has 0 spiro atoms. The van der Waals surface area contributed by atoms with Crippen LogP contribution >= 0.6 is 11.3 Å². The number of nitrogens with one attached hydrogen (secondary N) is 1. The van der Waals surface area contributed by atoms with Crippen molar-refractivity contribution in [3.63, 3.8) is 0 Å². The normalized spacial score (nSPS) is 9.67. The number of hydrogen-bond acceptors (Lipinski definition) is 4. The van der Waals surface area contributed by atoms with Crippen molar-refractivity contribution in [2.45, 2.75) is 6.92 Å². The van der Waals surface area contributed by atoms with E-state index in [2.05, 4.69) is 17.2 Å². The molecule has 1 aromatic carbocycles. The first-order valence-corrected chi connectivity index (χ1v) is 7.25. The van der Waals surface area contributed by atoms with Crippen molar-refractivity contribution in [1.29, 1.82) is 0 Å². The van der Waals surface area contributed by atoms with Gasteiger partial charge in [0, 0.05) is 17.0 Å². The van der Waals surface area contributed by atoms with Crippen molar-refractivity contribution in [2.24, 2.45) is 5.73 Å². The zero-order valence-electron chi connectivity index (χ0n) is 11.9. The fraction of sp³-hybridized carbons (Fsp3) is 0.188.